The summed E-state index contributed by atoms with van der Waals surface area (Å²) in [5, 5.41) is 16.1. The molecule has 0 aliphatic carbocycles. The van der Waals surface area contributed by atoms with Crippen molar-refractivity contribution in [1.29, 1.82) is 0 Å². The number of imidazole rings is 1. The van der Waals surface area contributed by atoms with Crippen LogP contribution in [0.3, 0.4) is 0 Å². The Morgan fingerprint density at radius 2 is 1.89 bits per heavy atom. The first-order chi connectivity index (χ1) is 13.1. The van der Waals surface area contributed by atoms with E-state index < -0.39 is 0 Å². The minimum atomic E-state index is 0.0417. The number of aliphatic hydroxyl groups excluding tert-OH is 1. The Balaban J connectivity index is 1.89. The predicted octanol–water partition coefficient (Wildman–Crippen LogP) is 2.88. The van der Waals surface area contributed by atoms with Crippen LogP contribution in [0.5, 0.6) is 0 Å². The summed E-state index contributed by atoms with van der Waals surface area (Å²) in [6.45, 7) is 7.52. The van der Waals surface area contributed by atoms with Crippen LogP contribution in [0.25, 0.3) is 11.2 Å². The van der Waals surface area contributed by atoms with Crippen LogP contribution >= 0.6 is 0 Å². The number of nitrogens with zero attached hydrogens (tertiary/aromatic N) is 4. The number of nitrogens with one attached hydrogen (secondary N) is 2. The van der Waals surface area contributed by atoms with Crippen molar-refractivity contribution in [3.8, 4) is 0 Å². The highest BCUT2D eigenvalue weighted by molar-refractivity contribution is 5.83. The van der Waals surface area contributed by atoms with Gasteiger partial charge in [-0.2, -0.15) is 0 Å². The summed E-state index contributed by atoms with van der Waals surface area (Å²) in [6.07, 6.45) is 2.67. The van der Waals surface area contributed by atoms with E-state index in [1.54, 1.807) is 0 Å². The maximum atomic E-state index is 9.39. The quantitative estimate of drug-likeness (QED) is 0.538. The van der Waals surface area contributed by atoms with Crippen LogP contribution in [0.2, 0.25) is 0 Å². The van der Waals surface area contributed by atoms with Crippen LogP contribution in [0.15, 0.2) is 36.7 Å². The maximum absolute atomic E-state index is 9.39. The Hall–Kier alpha value is -2.51. The first kappa shape index (κ1) is 19.3. The summed E-state index contributed by atoms with van der Waals surface area (Å²) in [5.41, 5.74) is 2.78. The third-order valence-corrected chi connectivity index (χ3v) is 4.59. The Labute approximate surface area is 159 Å². The van der Waals surface area contributed by atoms with Gasteiger partial charge < -0.3 is 20.3 Å². The first-order valence-corrected chi connectivity index (χ1v) is 9.47. The van der Waals surface area contributed by atoms with Gasteiger partial charge in [0.05, 0.1) is 19.5 Å². The van der Waals surface area contributed by atoms with Crippen molar-refractivity contribution in [2.45, 2.75) is 52.4 Å². The van der Waals surface area contributed by atoms with E-state index in [4.69, 9.17) is 4.98 Å². The Kier molecular flexibility index (Phi) is 6.36. The van der Waals surface area contributed by atoms with Crippen LogP contribution in [0, 0.1) is 0 Å². The molecule has 0 spiro atoms. The minimum Gasteiger partial charge on any atom is -0.395 e. The molecule has 3 aromatic rings. The fourth-order valence-electron chi connectivity index (χ4n) is 2.90. The zero-order chi connectivity index (χ0) is 19.2. The molecular weight excluding hydrogens is 340 g/mol. The highest BCUT2D eigenvalue weighted by Gasteiger charge is 2.15. The fraction of sp³-hybridized carbons (Fsp3) is 0.450. The molecule has 0 amide bonds. The lowest BCUT2D eigenvalue weighted by Gasteiger charge is -2.15. The number of anilines is 1. The van der Waals surface area contributed by atoms with Crippen LogP contribution in [-0.2, 0) is 13.1 Å². The predicted molar refractivity (Wildman–Crippen MR) is 107 cm³/mol. The second kappa shape index (κ2) is 8.92. The molecule has 3 N–H and O–H groups in total. The largest absolute Gasteiger partial charge is 0.395 e. The van der Waals surface area contributed by atoms with Gasteiger partial charge in [-0.05, 0) is 25.8 Å². The molecule has 27 heavy (non-hydrogen) atoms. The standard InChI is InChI=1S/C20H28N6O/c1-4-16(12-27)21-11-17-24-19(22-10-15-8-6-5-7-9-15)18-20(25-17)26(13-23-18)14(2)3/h5-9,13-14,16,21,27H,4,10-12H2,1-3H3,(H,22,24,25). The molecule has 2 aromatic heterocycles. The van der Waals surface area contributed by atoms with Crippen molar-refractivity contribution in [2.24, 2.45) is 0 Å². The molecule has 0 saturated heterocycles. The summed E-state index contributed by atoms with van der Waals surface area (Å²) < 4.78 is 2.05. The summed E-state index contributed by atoms with van der Waals surface area (Å²) >= 11 is 0. The SMILES string of the molecule is CCC(CO)NCc1nc(NCc2ccccc2)c2ncn(C(C)C)c2n1. The van der Waals surface area contributed by atoms with Gasteiger partial charge in [-0.1, -0.05) is 37.3 Å². The second-order valence-corrected chi connectivity index (χ2v) is 6.91. The van der Waals surface area contributed by atoms with E-state index in [0.29, 0.717) is 18.9 Å². The fourth-order valence-corrected chi connectivity index (χ4v) is 2.90. The van der Waals surface area contributed by atoms with Gasteiger partial charge in [0, 0.05) is 18.6 Å². The van der Waals surface area contributed by atoms with Crippen molar-refractivity contribution in [1.82, 2.24) is 24.8 Å². The lowest BCUT2D eigenvalue weighted by molar-refractivity contribution is 0.237. The summed E-state index contributed by atoms with van der Waals surface area (Å²) in [6, 6.07) is 10.5. The van der Waals surface area contributed by atoms with E-state index in [1.807, 2.05) is 31.5 Å². The van der Waals surface area contributed by atoms with Gasteiger partial charge in [0.1, 0.15) is 11.3 Å². The average Bonchev–Trinajstić information content (AvgIpc) is 3.12. The third-order valence-electron chi connectivity index (χ3n) is 4.59. The van der Waals surface area contributed by atoms with Crippen LogP contribution in [-0.4, -0.2) is 37.3 Å². The zero-order valence-corrected chi connectivity index (χ0v) is 16.2. The molecular formula is C20H28N6O. The van der Waals surface area contributed by atoms with Crippen LogP contribution < -0.4 is 10.6 Å². The van der Waals surface area contributed by atoms with Gasteiger partial charge in [0.25, 0.3) is 0 Å². The number of aromatic nitrogens is 4. The van der Waals surface area contributed by atoms with Gasteiger partial charge in [-0.15, -0.1) is 0 Å². The second-order valence-electron chi connectivity index (χ2n) is 6.91. The molecule has 1 atom stereocenters. The number of aliphatic hydroxyl groups is 1. The number of benzene rings is 1. The van der Waals surface area contributed by atoms with Gasteiger partial charge in [0.2, 0.25) is 0 Å². The van der Waals surface area contributed by atoms with Crippen LogP contribution in [0.4, 0.5) is 5.82 Å². The van der Waals surface area contributed by atoms with E-state index in [-0.39, 0.29) is 18.7 Å². The number of hydrogen-bond donors (Lipinski definition) is 3. The highest BCUT2D eigenvalue weighted by Crippen LogP contribution is 2.22. The van der Waals surface area contributed by atoms with E-state index in [1.165, 1.54) is 5.56 Å². The lowest BCUT2D eigenvalue weighted by atomic mass is 10.2. The maximum Gasteiger partial charge on any atom is 0.166 e. The number of hydrogen-bond acceptors (Lipinski definition) is 6. The molecule has 0 bridgehead atoms. The molecule has 1 unspecified atom stereocenters. The third kappa shape index (κ3) is 4.61. The van der Waals surface area contributed by atoms with Crippen molar-refractivity contribution < 1.29 is 5.11 Å². The van der Waals surface area contributed by atoms with E-state index >= 15 is 0 Å². The zero-order valence-electron chi connectivity index (χ0n) is 16.2. The Morgan fingerprint density at radius 1 is 1.11 bits per heavy atom. The average molecular weight is 368 g/mol. The van der Waals surface area contributed by atoms with Gasteiger partial charge >= 0.3 is 0 Å². The number of fused-ring (bicyclic) bond motifs is 1. The molecule has 7 heteroatoms. The highest BCUT2D eigenvalue weighted by atomic mass is 16.3. The number of rotatable bonds is 9. The van der Waals surface area contributed by atoms with Crippen molar-refractivity contribution in [3.63, 3.8) is 0 Å². The van der Waals surface area contributed by atoms with Crippen molar-refractivity contribution in [2.75, 3.05) is 11.9 Å². The van der Waals surface area contributed by atoms with E-state index in [0.717, 1.165) is 23.4 Å². The summed E-state index contributed by atoms with van der Waals surface area (Å²) in [4.78, 5) is 13.9. The molecule has 7 nitrogen and oxygen atoms in total. The topological polar surface area (TPSA) is 87.9 Å². The minimum absolute atomic E-state index is 0.0417. The first-order valence-electron chi connectivity index (χ1n) is 9.47. The molecule has 1 aromatic carbocycles. The van der Waals surface area contributed by atoms with Crippen molar-refractivity contribution >= 4 is 17.0 Å². The summed E-state index contributed by atoms with van der Waals surface area (Å²) in [7, 11) is 0. The van der Waals surface area contributed by atoms with Gasteiger partial charge in [0.15, 0.2) is 11.5 Å². The Bertz CT molecular complexity index is 858. The van der Waals surface area contributed by atoms with E-state index in [2.05, 4.69) is 51.1 Å². The molecule has 144 valence electrons. The van der Waals surface area contributed by atoms with Crippen molar-refractivity contribution in [3.05, 3.63) is 48.0 Å². The molecule has 0 aliphatic rings. The van der Waals surface area contributed by atoms with E-state index in [9.17, 15) is 5.11 Å². The normalized spacial score (nSPS) is 12.6. The van der Waals surface area contributed by atoms with Gasteiger partial charge in [-0.25, -0.2) is 15.0 Å². The monoisotopic (exact) mass is 368 g/mol. The van der Waals surface area contributed by atoms with Crippen LogP contribution in [0.1, 0.15) is 44.6 Å². The molecule has 0 aliphatic heterocycles. The molecule has 3 rings (SSSR count). The molecule has 0 saturated carbocycles. The summed E-state index contributed by atoms with van der Waals surface area (Å²) in [5.74, 6) is 1.42. The molecule has 0 fully saturated rings. The Morgan fingerprint density at radius 3 is 2.56 bits per heavy atom. The van der Waals surface area contributed by atoms with Gasteiger partial charge in [-0.3, -0.25) is 0 Å². The molecule has 2 heterocycles. The smallest absolute Gasteiger partial charge is 0.166 e. The lowest BCUT2D eigenvalue weighted by Crippen LogP contribution is -2.32. The molecule has 0 radical (unpaired) electrons.